The number of hydrogen-bond donors (Lipinski definition) is 0. The number of benzene rings is 1. The third kappa shape index (κ3) is 2.91. The molecule has 3 nitrogen and oxygen atoms in total. The molecule has 2 heterocycles. The van der Waals surface area contributed by atoms with Crippen molar-refractivity contribution in [2.75, 3.05) is 18.0 Å². The Balaban J connectivity index is 1.72. The highest BCUT2D eigenvalue weighted by atomic mass is 15.1. The van der Waals surface area contributed by atoms with Gasteiger partial charge in [0.1, 0.15) is 11.9 Å². The molecule has 0 amide bonds. The topological polar surface area (TPSA) is 20.2 Å². The quantitative estimate of drug-likeness (QED) is 0.670. The van der Waals surface area contributed by atoms with Gasteiger partial charge in [-0.2, -0.15) is 4.40 Å². The molecular formula is C22H24N3+. The lowest BCUT2D eigenvalue weighted by molar-refractivity contribution is -0.517. The van der Waals surface area contributed by atoms with Gasteiger partial charge in [-0.05, 0) is 61.5 Å². The lowest BCUT2D eigenvalue weighted by atomic mass is 10.1. The van der Waals surface area contributed by atoms with Crippen LogP contribution in [0.2, 0.25) is 0 Å². The number of rotatable bonds is 4. The summed E-state index contributed by atoms with van der Waals surface area (Å²) in [5.74, 6) is 0. The fraction of sp³-hybridized carbons (Fsp3) is 0.273. The molecule has 1 aliphatic carbocycles. The van der Waals surface area contributed by atoms with Crippen molar-refractivity contribution in [1.29, 1.82) is 0 Å². The van der Waals surface area contributed by atoms with E-state index in [9.17, 15) is 0 Å². The summed E-state index contributed by atoms with van der Waals surface area (Å²) in [5.41, 5.74) is 7.62. The van der Waals surface area contributed by atoms with Crippen LogP contribution in [0.1, 0.15) is 37.1 Å². The predicted octanol–water partition coefficient (Wildman–Crippen LogP) is 4.15. The Morgan fingerprint density at radius 3 is 2.60 bits per heavy atom. The van der Waals surface area contributed by atoms with E-state index >= 15 is 0 Å². The molecule has 0 atom stereocenters. The van der Waals surface area contributed by atoms with E-state index in [0.717, 1.165) is 31.6 Å². The third-order valence-electron chi connectivity index (χ3n) is 5.07. The zero-order valence-corrected chi connectivity index (χ0v) is 14.9. The van der Waals surface area contributed by atoms with Gasteiger partial charge in [0.05, 0.1) is 6.20 Å². The summed E-state index contributed by atoms with van der Waals surface area (Å²) in [5, 5.41) is 0. The van der Waals surface area contributed by atoms with Crippen molar-refractivity contribution in [1.82, 2.24) is 4.98 Å². The summed E-state index contributed by atoms with van der Waals surface area (Å²) < 4.78 is 2.22. The summed E-state index contributed by atoms with van der Waals surface area (Å²) in [6.07, 6.45) is 8.63. The second-order valence-electron chi connectivity index (χ2n) is 6.49. The van der Waals surface area contributed by atoms with E-state index in [2.05, 4.69) is 76.8 Å². The zero-order valence-electron chi connectivity index (χ0n) is 14.9. The normalized spacial score (nSPS) is 14.9. The minimum absolute atomic E-state index is 1.01. The molecule has 2 aromatic heterocycles. The molecule has 0 N–H and O–H groups in total. The molecule has 3 aromatic rings. The van der Waals surface area contributed by atoms with Crippen LogP contribution in [-0.2, 0) is 6.42 Å². The molecule has 0 saturated carbocycles. The lowest BCUT2D eigenvalue weighted by Crippen LogP contribution is -2.27. The first-order chi connectivity index (χ1) is 12.3. The van der Waals surface area contributed by atoms with Gasteiger partial charge in [-0.15, -0.1) is 0 Å². The van der Waals surface area contributed by atoms with Crippen molar-refractivity contribution in [3.05, 3.63) is 71.7 Å². The van der Waals surface area contributed by atoms with E-state index in [4.69, 9.17) is 0 Å². The first-order valence-electron chi connectivity index (χ1n) is 9.14. The molecule has 0 bridgehead atoms. The molecule has 25 heavy (non-hydrogen) atoms. The van der Waals surface area contributed by atoms with Crippen LogP contribution in [0.5, 0.6) is 0 Å². The fourth-order valence-electron chi connectivity index (χ4n) is 3.73. The van der Waals surface area contributed by atoms with Crippen molar-refractivity contribution in [2.45, 2.75) is 26.7 Å². The smallest absolute Gasteiger partial charge is 0.327 e. The van der Waals surface area contributed by atoms with Gasteiger partial charge in [-0.3, -0.25) is 0 Å². The standard InChI is InChI=1S/C22H24N3/c1-3-24(4-2)20-12-8-17(9-13-20)15-18-10-11-19-16-23-21-7-5-6-14-25(21)22(18)19/h5-9,12-16H,3-4,10-11H2,1-2H3/q+1. The number of aryl methyl sites for hydroxylation is 1. The maximum Gasteiger partial charge on any atom is 0.327 e. The van der Waals surface area contributed by atoms with Crippen molar-refractivity contribution < 1.29 is 4.40 Å². The van der Waals surface area contributed by atoms with Crippen molar-refractivity contribution in [3.8, 4) is 0 Å². The molecule has 0 unspecified atom stereocenters. The fourth-order valence-corrected chi connectivity index (χ4v) is 3.73. The van der Waals surface area contributed by atoms with Gasteiger partial charge in [0.2, 0.25) is 0 Å². The Kier molecular flexibility index (Phi) is 4.22. The largest absolute Gasteiger partial charge is 0.372 e. The van der Waals surface area contributed by atoms with Crippen LogP contribution in [-0.4, -0.2) is 18.1 Å². The monoisotopic (exact) mass is 330 g/mol. The highest BCUT2D eigenvalue weighted by molar-refractivity contribution is 5.83. The second kappa shape index (κ2) is 6.67. The van der Waals surface area contributed by atoms with Crippen LogP contribution >= 0.6 is 0 Å². The van der Waals surface area contributed by atoms with Gasteiger partial charge in [-0.1, -0.05) is 18.2 Å². The maximum atomic E-state index is 4.57. The summed E-state index contributed by atoms with van der Waals surface area (Å²) >= 11 is 0. The van der Waals surface area contributed by atoms with E-state index < -0.39 is 0 Å². The number of allylic oxidation sites excluding steroid dienone is 1. The molecule has 0 saturated heterocycles. The Labute approximate surface area is 149 Å². The van der Waals surface area contributed by atoms with Gasteiger partial charge >= 0.3 is 5.65 Å². The molecule has 1 aromatic carbocycles. The number of aromatic nitrogens is 2. The molecule has 1 aliphatic rings. The Morgan fingerprint density at radius 2 is 1.84 bits per heavy atom. The zero-order chi connectivity index (χ0) is 17.2. The van der Waals surface area contributed by atoms with E-state index in [0.29, 0.717) is 0 Å². The minimum Gasteiger partial charge on any atom is -0.372 e. The first-order valence-corrected chi connectivity index (χ1v) is 9.14. The molecule has 0 radical (unpaired) electrons. The average Bonchev–Trinajstić information content (AvgIpc) is 3.07. The molecule has 126 valence electrons. The second-order valence-corrected chi connectivity index (χ2v) is 6.49. The van der Waals surface area contributed by atoms with Gasteiger partial charge in [0.15, 0.2) is 0 Å². The van der Waals surface area contributed by atoms with Gasteiger partial charge in [0.25, 0.3) is 0 Å². The van der Waals surface area contributed by atoms with Crippen molar-refractivity contribution in [3.63, 3.8) is 0 Å². The van der Waals surface area contributed by atoms with E-state index in [1.165, 1.54) is 28.1 Å². The number of anilines is 1. The van der Waals surface area contributed by atoms with Crippen LogP contribution in [0, 0.1) is 0 Å². The Hall–Kier alpha value is -2.68. The van der Waals surface area contributed by atoms with E-state index in [1.54, 1.807) is 0 Å². The van der Waals surface area contributed by atoms with E-state index in [-0.39, 0.29) is 0 Å². The van der Waals surface area contributed by atoms with Gasteiger partial charge in [0, 0.05) is 36.0 Å². The Bertz CT molecular complexity index is 922. The van der Waals surface area contributed by atoms with Crippen molar-refractivity contribution >= 4 is 23.0 Å². The average molecular weight is 330 g/mol. The van der Waals surface area contributed by atoms with Crippen LogP contribution in [0.3, 0.4) is 0 Å². The number of hydrogen-bond acceptors (Lipinski definition) is 2. The van der Waals surface area contributed by atoms with Crippen LogP contribution in [0.15, 0.2) is 54.9 Å². The highest BCUT2D eigenvalue weighted by Crippen LogP contribution is 2.31. The summed E-state index contributed by atoms with van der Waals surface area (Å²) in [4.78, 5) is 6.95. The number of nitrogens with zero attached hydrogens (tertiary/aromatic N) is 3. The summed E-state index contributed by atoms with van der Waals surface area (Å²) in [6.45, 7) is 6.48. The molecule has 0 fully saturated rings. The molecular weight excluding hydrogens is 306 g/mol. The van der Waals surface area contributed by atoms with Crippen LogP contribution < -0.4 is 9.30 Å². The molecule has 4 rings (SSSR count). The SMILES string of the molecule is CCN(CC)c1ccc(/C=C2\CCc3cnc4cccc[n+]4c32)cc1. The van der Waals surface area contributed by atoms with Crippen molar-refractivity contribution in [2.24, 2.45) is 0 Å². The number of pyridine rings is 1. The predicted molar refractivity (Wildman–Crippen MR) is 104 cm³/mol. The molecule has 3 heteroatoms. The van der Waals surface area contributed by atoms with Gasteiger partial charge in [-0.25, -0.2) is 0 Å². The Morgan fingerprint density at radius 1 is 1.04 bits per heavy atom. The number of fused-ring (bicyclic) bond motifs is 3. The first kappa shape index (κ1) is 15.8. The third-order valence-corrected chi connectivity index (χ3v) is 5.07. The van der Waals surface area contributed by atoms with E-state index in [1.807, 2.05) is 12.3 Å². The van der Waals surface area contributed by atoms with Gasteiger partial charge < -0.3 is 4.90 Å². The highest BCUT2D eigenvalue weighted by Gasteiger charge is 2.24. The van der Waals surface area contributed by atoms with Crippen LogP contribution in [0.25, 0.3) is 17.3 Å². The van der Waals surface area contributed by atoms with Crippen LogP contribution in [0.4, 0.5) is 5.69 Å². The summed E-state index contributed by atoms with van der Waals surface area (Å²) in [6, 6.07) is 15.1. The summed E-state index contributed by atoms with van der Waals surface area (Å²) in [7, 11) is 0. The lowest BCUT2D eigenvalue weighted by Gasteiger charge is -2.20. The minimum atomic E-state index is 1.01. The maximum absolute atomic E-state index is 4.57. The molecule has 0 aliphatic heterocycles. The molecule has 0 spiro atoms.